The first kappa shape index (κ1) is 10.1. The van der Waals surface area contributed by atoms with Crippen LogP contribution in [-0.4, -0.2) is 19.0 Å². The van der Waals surface area contributed by atoms with Crippen molar-refractivity contribution in [2.24, 2.45) is 11.3 Å². The Morgan fingerprint density at radius 3 is 2.33 bits per heavy atom. The normalized spacial score (nSPS) is 50.6. The molecular weight excluding hydrogens is 188 g/mol. The Bertz CT molecular complexity index is 237. The highest BCUT2D eigenvalue weighted by Crippen LogP contribution is 2.58. The molecule has 0 bridgehead atoms. The van der Waals surface area contributed by atoms with Gasteiger partial charge in [0.1, 0.15) is 0 Å². The van der Waals surface area contributed by atoms with Gasteiger partial charge in [0.2, 0.25) is 0 Å². The highest BCUT2D eigenvalue weighted by atomic mass is 16.7. The molecule has 1 saturated carbocycles. The van der Waals surface area contributed by atoms with Crippen LogP contribution in [-0.2, 0) is 9.47 Å². The Kier molecular flexibility index (Phi) is 2.33. The molecule has 0 aromatic rings. The van der Waals surface area contributed by atoms with Crippen LogP contribution in [0.15, 0.2) is 0 Å². The molecule has 1 atom stereocenters. The van der Waals surface area contributed by atoms with E-state index in [1.54, 1.807) is 0 Å². The molecule has 0 radical (unpaired) electrons. The minimum absolute atomic E-state index is 0.171. The van der Waals surface area contributed by atoms with E-state index in [1.807, 2.05) is 0 Å². The Morgan fingerprint density at radius 2 is 1.67 bits per heavy atom. The van der Waals surface area contributed by atoms with Gasteiger partial charge in [-0.15, -0.1) is 0 Å². The maximum atomic E-state index is 6.09. The maximum absolute atomic E-state index is 6.09. The van der Waals surface area contributed by atoms with Gasteiger partial charge in [-0.05, 0) is 44.4 Å². The topological polar surface area (TPSA) is 18.5 Å². The smallest absolute Gasteiger partial charge is 0.173 e. The average molecular weight is 210 g/mol. The lowest BCUT2D eigenvalue weighted by molar-refractivity contribution is -0.356. The summed E-state index contributed by atoms with van der Waals surface area (Å²) in [6.45, 7) is 4.22. The van der Waals surface area contributed by atoms with E-state index in [0.717, 1.165) is 25.6 Å². The summed E-state index contributed by atoms with van der Waals surface area (Å²) < 4.78 is 12.2. The van der Waals surface area contributed by atoms with Gasteiger partial charge in [0, 0.05) is 11.8 Å². The molecule has 0 N–H and O–H groups in total. The summed E-state index contributed by atoms with van der Waals surface area (Å²) in [6.07, 6.45) is 8.87. The minimum Gasteiger partial charge on any atom is -0.349 e. The summed E-state index contributed by atoms with van der Waals surface area (Å²) in [6, 6.07) is 0. The predicted octanol–water partition coefficient (Wildman–Crippen LogP) is 3.11. The number of ether oxygens (including phenoxy) is 2. The molecule has 2 heteroatoms. The van der Waals surface area contributed by atoms with Crippen molar-refractivity contribution in [3.8, 4) is 0 Å². The second-order valence-corrected chi connectivity index (χ2v) is 5.79. The third-order valence-corrected chi connectivity index (χ3v) is 4.78. The summed E-state index contributed by atoms with van der Waals surface area (Å²) >= 11 is 0. The van der Waals surface area contributed by atoms with Crippen LogP contribution >= 0.6 is 0 Å². The zero-order chi connectivity index (χ0) is 10.4. The molecule has 3 aliphatic rings. The quantitative estimate of drug-likeness (QED) is 0.611. The minimum atomic E-state index is -0.171. The second-order valence-electron chi connectivity index (χ2n) is 5.79. The molecule has 86 valence electrons. The maximum Gasteiger partial charge on any atom is 0.173 e. The molecule has 15 heavy (non-hydrogen) atoms. The molecule has 0 aromatic carbocycles. The van der Waals surface area contributed by atoms with Crippen LogP contribution in [0.3, 0.4) is 0 Å². The number of hydrogen-bond acceptors (Lipinski definition) is 2. The third-order valence-electron chi connectivity index (χ3n) is 4.78. The summed E-state index contributed by atoms with van der Waals surface area (Å²) in [5.41, 5.74) is 0.376. The van der Waals surface area contributed by atoms with Crippen LogP contribution in [0.5, 0.6) is 0 Å². The number of rotatable bonds is 0. The van der Waals surface area contributed by atoms with Crippen molar-refractivity contribution in [3.05, 3.63) is 0 Å². The molecule has 0 amide bonds. The summed E-state index contributed by atoms with van der Waals surface area (Å²) in [5.74, 6) is 0.692. The molecular formula is C13H22O2. The fourth-order valence-corrected chi connectivity index (χ4v) is 4.12. The van der Waals surface area contributed by atoms with Crippen LogP contribution in [0.25, 0.3) is 0 Å². The molecule has 2 aliphatic heterocycles. The lowest BCUT2D eigenvalue weighted by Crippen LogP contribution is -2.60. The van der Waals surface area contributed by atoms with E-state index in [2.05, 4.69) is 6.92 Å². The molecule has 2 heterocycles. The van der Waals surface area contributed by atoms with E-state index >= 15 is 0 Å². The monoisotopic (exact) mass is 210 g/mol. The van der Waals surface area contributed by atoms with Crippen LogP contribution in [0, 0.1) is 11.3 Å². The Labute approximate surface area is 92.3 Å². The van der Waals surface area contributed by atoms with Gasteiger partial charge in [0.15, 0.2) is 5.79 Å². The van der Waals surface area contributed by atoms with Crippen LogP contribution in [0.1, 0.15) is 51.9 Å². The molecule has 3 rings (SSSR count). The van der Waals surface area contributed by atoms with Gasteiger partial charge < -0.3 is 9.47 Å². The summed E-state index contributed by atoms with van der Waals surface area (Å²) in [4.78, 5) is 0. The van der Waals surface area contributed by atoms with Gasteiger partial charge in [0.05, 0.1) is 13.2 Å². The molecule has 1 unspecified atom stereocenters. The highest BCUT2D eigenvalue weighted by Gasteiger charge is 2.58. The van der Waals surface area contributed by atoms with E-state index in [-0.39, 0.29) is 5.79 Å². The predicted molar refractivity (Wildman–Crippen MR) is 58.6 cm³/mol. The van der Waals surface area contributed by atoms with Gasteiger partial charge in [0.25, 0.3) is 0 Å². The Hall–Kier alpha value is -0.0800. The van der Waals surface area contributed by atoms with Crippen LogP contribution in [0.4, 0.5) is 0 Å². The van der Waals surface area contributed by atoms with Gasteiger partial charge in [-0.3, -0.25) is 0 Å². The first-order valence-electron chi connectivity index (χ1n) is 6.54. The van der Waals surface area contributed by atoms with Crippen molar-refractivity contribution in [1.29, 1.82) is 0 Å². The molecule has 2 saturated heterocycles. The molecule has 1 aliphatic carbocycles. The van der Waals surface area contributed by atoms with Gasteiger partial charge in [-0.1, -0.05) is 6.92 Å². The lowest BCUT2D eigenvalue weighted by Gasteiger charge is -2.59. The highest BCUT2D eigenvalue weighted by molar-refractivity contribution is 5.02. The van der Waals surface area contributed by atoms with Crippen LogP contribution < -0.4 is 0 Å². The standard InChI is InChI=1S/C13H22O2/c1-11-4-7-13-12(10-11,5-2-8-14-13)6-3-9-15-13/h11H,2-10H2,1H3. The Balaban J connectivity index is 1.93. The second kappa shape index (κ2) is 3.46. The molecule has 2 nitrogen and oxygen atoms in total. The first-order valence-corrected chi connectivity index (χ1v) is 6.54. The van der Waals surface area contributed by atoms with E-state index in [0.29, 0.717) is 5.41 Å². The van der Waals surface area contributed by atoms with Gasteiger partial charge in [-0.25, -0.2) is 0 Å². The first-order chi connectivity index (χ1) is 7.27. The van der Waals surface area contributed by atoms with E-state index in [4.69, 9.17) is 9.47 Å². The molecule has 0 aromatic heterocycles. The zero-order valence-electron chi connectivity index (χ0n) is 9.76. The summed E-state index contributed by atoms with van der Waals surface area (Å²) in [7, 11) is 0. The van der Waals surface area contributed by atoms with Crippen molar-refractivity contribution in [1.82, 2.24) is 0 Å². The fourth-order valence-electron chi connectivity index (χ4n) is 4.12. The van der Waals surface area contributed by atoms with Crippen molar-refractivity contribution in [2.45, 2.75) is 57.7 Å². The van der Waals surface area contributed by atoms with E-state index in [1.165, 1.54) is 38.5 Å². The average Bonchev–Trinajstić information content (AvgIpc) is 2.27. The fraction of sp³-hybridized carbons (Fsp3) is 1.00. The SMILES string of the molecule is CC1CCC23OCCCC2(CCCO3)C1. The van der Waals surface area contributed by atoms with Gasteiger partial charge in [-0.2, -0.15) is 0 Å². The molecule has 0 spiro atoms. The Morgan fingerprint density at radius 1 is 1.00 bits per heavy atom. The van der Waals surface area contributed by atoms with Crippen molar-refractivity contribution in [3.63, 3.8) is 0 Å². The number of hydrogen-bond donors (Lipinski definition) is 0. The zero-order valence-corrected chi connectivity index (χ0v) is 9.76. The summed E-state index contributed by atoms with van der Waals surface area (Å²) in [5, 5.41) is 0. The lowest BCUT2D eigenvalue weighted by atomic mass is 9.59. The largest absolute Gasteiger partial charge is 0.349 e. The van der Waals surface area contributed by atoms with E-state index in [9.17, 15) is 0 Å². The van der Waals surface area contributed by atoms with Crippen LogP contribution in [0.2, 0.25) is 0 Å². The van der Waals surface area contributed by atoms with Crippen molar-refractivity contribution >= 4 is 0 Å². The van der Waals surface area contributed by atoms with E-state index < -0.39 is 0 Å². The van der Waals surface area contributed by atoms with Gasteiger partial charge >= 0.3 is 0 Å². The molecule has 3 fully saturated rings. The van der Waals surface area contributed by atoms with Crippen molar-refractivity contribution in [2.75, 3.05) is 13.2 Å². The van der Waals surface area contributed by atoms with Crippen molar-refractivity contribution < 1.29 is 9.47 Å². The third kappa shape index (κ3) is 1.38.